The average molecular weight is 256 g/mol. The smallest absolute Gasteiger partial charge is 0.164 e. The molecule has 1 fully saturated rings. The van der Waals surface area contributed by atoms with Crippen LogP contribution in [0.5, 0.6) is 0 Å². The highest BCUT2D eigenvalue weighted by Crippen LogP contribution is 2.39. The molecule has 4 nitrogen and oxygen atoms in total. The third kappa shape index (κ3) is 2.40. The predicted octanol–water partition coefficient (Wildman–Crippen LogP) is 2.35. The highest BCUT2D eigenvalue weighted by Gasteiger charge is 2.29. The minimum Gasteiger partial charge on any atom is -0.319 e. The zero-order valence-electron chi connectivity index (χ0n) is 11.6. The number of benzene rings is 1. The molecule has 1 aromatic carbocycles. The number of nitrogens with zero attached hydrogens (tertiary/aromatic N) is 3. The molecule has 0 aliphatic heterocycles. The Bertz CT molecular complexity index is 569. The molecule has 100 valence electrons. The van der Waals surface area contributed by atoms with E-state index in [2.05, 4.69) is 44.3 Å². The number of hydrogen-bond acceptors (Lipinski definition) is 3. The van der Waals surface area contributed by atoms with E-state index in [1.807, 2.05) is 14.0 Å². The number of hydrogen-bond donors (Lipinski definition) is 1. The molecule has 1 saturated carbocycles. The SMILES string of the molecule is CNCCc1ccccc1-c1nnc(C)n1C1CC1. The Balaban J connectivity index is 2.01. The molecule has 0 bridgehead atoms. The number of aryl methyl sites for hydroxylation is 1. The summed E-state index contributed by atoms with van der Waals surface area (Å²) in [5, 5.41) is 11.9. The average Bonchev–Trinajstić information content (AvgIpc) is 3.20. The number of aromatic nitrogens is 3. The second kappa shape index (κ2) is 5.13. The molecular weight excluding hydrogens is 236 g/mol. The molecule has 1 aromatic heterocycles. The summed E-state index contributed by atoms with van der Waals surface area (Å²) < 4.78 is 2.30. The Morgan fingerprint density at radius 2 is 2.05 bits per heavy atom. The highest BCUT2D eigenvalue weighted by atomic mass is 15.3. The predicted molar refractivity (Wildman–Crippen MR) is 76.1 cm³/mol. The summed E-state index contributed by atoms with van der Waals surface area (Å²) in [4.78, 5) is 0. The van der Waals surface area contributed by atoms with E-state index in [9.17, 15) is 0 Å². The van der Waals surface area contributed by atoms with Crippen molar-refractivity contribution in [2.45, 2.75) is 32.2 Å². The lowest BCUT2D eigenvalue weighted by molar-refractivity contribution is 0.715. The number of nitrogens with one attached hydrogen (secondary N) is 1. The van der Waals surface area contributed by atoms with Gasteiger partial charge in [0, 0.05) is 11.6 Å². The first-order valence-corrected chi connectivity index (χ1v) is 6.95. The highest BCUT2D eigenvalue weighted by molar-refractivity contribution is 5.61. The van der Waals surface area contributed by atoms with Crippen LogP contribution in [0.2, 0.25) is 0 Å². The maximum atomic E-state index is 4.41. The molecule has 1 heterocycles. The molecular formula is C15H20N4. The lowest BCUT2D eigenvalue weighted by atomic mass is 10.0. The van der Waals surface area contributed by atoms with Crippen LogP contribution in [0.25, 0.3) is 11.4 Å². The van der Waals surface area contributed by atoms with E-state index in [1.54, 1.807) is 0 Å². The van der Waals surface area contributed by atoms with E-state index >= 15 is 0 Å². The van der Waals surface area contributed by atoms with E-state index in [4.69, 9.17) is 0 Å². The quantitative estimate of drug-likeness (QED) is 0.893. The fourth-order valence-electron chi connectivity index (χ4n) is 2.54. The molecule has 1 aliphatic rings. The molecule has 2 aromatic rings. The largest absolute Gasteiger partial charge is 0.319 e. The monoisotopic (exact) mass is 256 g/mol. The fraction of sp³-hybridized carbons (Fsp3) is 0.467. The van der Waals surface area contributed by atoms with Crippen LogP contribution >= 0.6 is 0 Å². The first-order valence-electron chi connectivity index (χ1n) is 6.95. The molecule has 0 unspecified atom stereocenters. The number of rotatable bonds is 5. The second-order valence-electron chi connectivity index (χ2n) is 5.18. The molecule has 0 amide bonds. The van der Waals surface area contributed by atoms with Gasteiger partial charge in [0.15, 0.2) is 5.82 Å². The van der Waals surface area contributed by atoms with E-state index in [1.165, 1.54) is 24.0 Å². The van der Waals surface area contributed by atoms with Crippen molar-refractivity contribution in [2.75, 3.05) is 13.6 Å². The molecule has 4 heteroatoms. The van der Waals surface area contributed by atoms with Crippen molar-refractivity contribution >= 4 is 0 Å². The molecule has 0 saturated heterocycles. The van der Waals surface area contributed by atoms with Crippen molar-refractivity contribution in [3.05, 3.63) is 35.7 Å². The minimum absolute atomic E-state index is 0.613. The summed E-state index contributed by atoms with van der Waals surface area (Å²) in [6, 6.07) is 9.14. The molecule has 0 spiro atoms. The van der Waals surface area contributed by atoms with Crippen molar-refractivity contribution in [1.29, 1.82) is 0 Å². The van der Waals surface area contributed by atoms with Crippen LogP contribution < -0.4 is 5.32 Å². The van der Waals surface area contributed by atoms with Crippen LogP contribution in [-0.2, 0) is 6.42 Å². The summed E-state index contributed by atoms with van der Waals surface area (Å²) in [6.07, 6.45) is 3.53. The standard InChI is InChI=1S/C15H20N4/c1-11-17-18-15(19(11)13-7-8-13)14-6-4-3-5-12(14)9-10-16-2/h3-6,13,16H,7-10H2,1-2H3. The summed E-state index contributed by atoms with van der Waals surface area (Å²) >= 11 is 0. The lowest BCUT2D eigenvalue weighted by Crippen LogP contribution is -2.11. The summed E-state index contributed by atoms with van der Waals surface area (Å²) in [5.41, 5.74) is 2.57. The van der Waals surface area contributed by atoms with Crippen LogP contribution in [0.15, 0.2) is 24.3 Å². The van der Waals surface area contributed by atoms with Crippen molar-refractivity contribution in [1.82, 2.24) is 20.1 Å². The summed E-state index contributed by atoms with van der Waals surface area (Å²) in [6.45, 7) is 3.03. The van der Waals surface area contributed by atoms with Crippen LogP contribution in [0.4, 0.5) is 0 Å². The molecule has 0 radical (unpaired) electrons. The van der Waals surface area contributed by atoms with Gasteiger partial charge in [-0.25, -0.2) is 0 Å². The van der Waals surface area contributed by atoms with Gasteiger partial charge in [-0.05, 0) is 45.3 Å². The Morgan fingerprint density at radius 1 is 1.26 bits per heavy atom. The van der Waals surface area contributed by atoms with E-state index < -0.39 is 0 Å². The first-order chi connectivity index (χ1) is 9.31. The van der Waals surface area contributed by atoms with Gasteiger partial charge in [0.1, 0.15) is 5.82 Å². The van der Waals surface area contributed by atoms with Crippen LogP contribution in [0.3, 0.4) is 0 Å². The molecule has 0 atom stereocenters. The topological polar surface area (TPSA) is 42.7 Å². The van der Waals surface area contributed by atoms with Gasteiger partial charge in [0.05, 0.1) is 0 Å². The minimum atomic E-state index is 0.613. The Labute approximate surface area is 113 Å². The third-order valence-corrected chi connectivity index (χ3v) is 3.68. The maximum absolute atomic E-state index is 4.41. The van der Waals surface area contributed by atoms with E-state index in [0.29, 0.717) is 6.04 Å². The molecule has 19 heavy (non-hydrogen) atoms. The zero-order chi connectivity index (χ0) is 13.2. The van der Waals surface area contributed by atoms with Gasteiger partial charge in [0.2, 0.25) is 0 Å². The van der Waals surface area contributed by atoms with Gasteiger partial charge in [0.25, 0.3) is 0 Å². The Kier molecular flexibility index (Phi) is 3.34. The van der Waals surface area contributed by atoms with Gasteiger partial charge < -0.3 is 9.88 Å². The maximum Gasteiger partial charge on any atom is 0.164 e. The van der Waals surface area contributed by atoms with Crippen LogP contribution in [-0.4, -0.2) is 28.4 Å². The van der Waals surface area contributed by atoms with E-state index in [0.717, 1.165) is 24.6 Å². The second-order valence-corrected chi connectivity index (χ2v) is 5.18. The third-order valence-electron chi connectivity index (χ3n) is 3.68. The number of likely N-dealkylation sites (N-methyl/N-ethyl adjacent to an activating group) is 1. The van der Waals surface area contributed by atoms with Gasteiger partial charge >= 0.3 is 0 Å². The first kappa shape index (κ1) is 12.4. The van der Waals surface area contributed by atoms with Gasteiger partial charge in [-0.3, -0.25) is 0 Å². The molecule has 3 rings (SSSR count). The van der Waals surface area contributed by atoms with Crippen molar-refractivity contribution in [3.63, 3.8) is 0 Å². The molecule has 1 N–H and O–H groups in total. The van der Waals surface area contributed by atoms with Gasteiger partial charge in [-0.2, -0.15) is 0 Å². The van der Waals surface area contributed by atoms with Crippen LogP contribution in [0, 0.1) is 6.92 Å². The van der Waals surface area contributed by atoms with Crippen molar-refractivity contribution < 1.29 is 0 Å². The Hall–Kier alpha value is -1.68. The van der Waals surface area contributed by atoms with Crippen LogP contribution in [0.1, 0.15) is 30.3 Å². The Morgan fingerprint density at radius 3 is 2.79 bits per heavy atom. The summed E-state index contributed by atoms with van der Waals surface area (Å²) in [7, 11) is 1.99. The normalized spacial score (nSPS) is 14.8. The van der Waals surface area contributed by atoms with Crippen molar-refractivity contribution in [2.24, 2.45) is 0 Å². The molecule has 1 aliphatic carbocycles. The van der Waals surface area contributed by atoms with E-state index in [-0.39, 0.29) is 0 Å². The summed E-state index contributed by atoms with van der Waals surface area (Å²) in [5.74, 6) is 2.06. The fourth-order valence-corrected chi connectivity index (χ4v) is 2.54. The van der Waals surface area contributed by atoms with Gasteiger partial charge in [-0.15, -0.1) is 10.2 Å². The van der Waals surface area contributed by atoms with Crippen molar-refractivity contribution in [3.8, 4) is 11.4 Å². The zero-order valence-corrected chi connectivity index (χ0v) is 11.6. The van der Waals surface area contributed by atoms with Gasteiger partial charge in [-0.1, -0.05) is 24.3 Å². The lowest BCUT2D eigenvalue weighted by Gasteiger charge is -2.11.